The number of urea groups is 1. The summed E-state index contributed by atoms with van der Waals surface area (Å²) in [7, 11) is 0. The topological polar surface area (TPSA) is 81.7 Å². The standard InChI is InChI=1S/C22H26ClN3O3/c1-15(14-27)18-12-26(13-18)21(28)10-16-4-8-20(9-5-16)25-22(29)24-11-17-2-6-19(23)7-3-17/h2-9,15,18,27H,10-14H2,1H3,(H2,24,25,29). The summed E-state index contributed by atoms with van der Waals surface area (Å²) >= 11 is 5.85. The van der Waals surface area contributed by atoms with Crippen LogP contribution in [0.15, 0.2) is 48.5 Å². The number of nitrogens with one attached hydrogen (secondary N) is 2. The normalized spacial score (nSPS) is 14.8. The van der Waals surface area contributed by atoms with E-state index < -0.39 is 0 Å². The van der Waals surface area contributed by atoms with Crippen LogP contribution in [0.25, 0.3) is 0 Å². The zero-order chi connectivity index (χ0) is 20.8. The van der Waals surface area contributed by atoms with E-state index in [1.165, 1.54) is 0 Å². The first-order chi connectivity index (χ1) is 13.9. The van der Waals surface area contributed by atoms with Crippen molar-refractivity contribution < 1.29 is 14.7 Å². The quantitative estimate of drug-likeness (QED) is 0.649. The Morgan fingerprint density at radius 1 is 1.10 bits per heavy atom. The number of halogens is 1. The molecule has 1 aliphatic rings. The summed E-state index contributed by atoms with van der Waals surface area (Å²) < 4.78 is 0. The van der Waals surface area contributed by atoms with Gasteiger partial charge in [0.25, 0.3) is 0 Å². The highest BCUT2D eigenvalue weighted by atomic mass is 35.5. The van der Waals surface area contributed by atoms with Crippen molar-refractivity contribution in [3.63, 3.8) is 0 Å². The largest absolute Gasteiger partial charge is 0.396 e. The number of hydrogen-bond acceptors (Lipinski definition) is 3. The highest BCUT2D eigenvalue weighted by Crippen LogP contribution is 2.24. The maximum absolute atomic E-state index is 12.3. The average Bonchev–Trinajstić information content (AvgIpc) is 2.67. The van der Waals surface area contributed by atoms with Gasteiger partial charge >= 0.3 is 6.03 Å². The third-order valence-electron chi connectivity index (χ3n) is 5.29. The maximum atomic E-state index is 12.3. The summed E-state index contributed by atoms with van der Waals surface area (Å²) in [6, 6.07) is 14.3. The molecule has 3 rings (SSSR count). The Balaban J connectivity index is 1.42. The Hall–Kier alpha value is -2.57. The molecule has 154 valence electrons. The third kappa shape index (κ3) is 5.95. The number of rotatable bonds is 7. The van der Waals surface area contributed by atoms with Crippen LogP contribution in [0.5, 0.6) is 0 Å². The van der Waals surface area contributed by atoms with Crippen LogP contribution in [-0.2, 0) is 17.8 Å². The second-order valence-corrected chi connectivity index (χ2v) is 7.96. The number of hydrogen-bond donors (Lipinski definition) is 3. The minimum absolute atomic E-state index is 0.0906. The lowest BCUT2D eigenvalue weighted by Crippen LogP contribution is -2.53. The van der Waals surface area contributed by atoms with Crippen LogP contribution >= 0.6 is 11.6 Å². The summed E-state index contributed by atoms with van der Waals surface area (Å²) in [5.74, 6) is 0.713. The zero-order valence-electron chi connectivity index (χ0n) is 16.4. The van der Waals surface area contributed by atoms with Gasteiger partial charge in [0.1, 0.15) is 0 Å². The summed E-state index contributed by atoms with van der Waals surface area (Å²) in [5.41, 5.74) is 2.52. The molecule has 0 bridgehead atoms. The minimum Gasteiger partial charge on any atom is -0.396 e. The zero-order valence-corrected chi connectivity index (χ0v) is 17.2. The smallest absolute Gasteiger partial charge is 0.319 e. The highest BCUT2D eigenvalue weighted by molar-refractivity contribution is 6.30. The Kier molecular flexibility index (Phi) is 7.12. The van der Waals surface area contributed by atoms with Gasteiger partial charge in [-0.05, 0) is 47.2 Å². The van der Waals surface area contributed by atoms with Crippen molar-refractivity contribution in [2.75, 3.05) is 25.0 Å². The van der Waals surface area contributed by atoms with Crippen LogP contribution < -0.4 is 10.6 Å². The van der Waals surface area contributed by atoms with E-state index >= 15 is 0 Å². The van der Waals surface area contributed by atoms with Gasteiger partial charge in [0, 0.05) is 37.0 Å². The molecule has 1 aliphatic heterocycles. The van der Waals surface area contributed by atoms with E-state index in [0.29, 0.717) is 42.7 Å². The molecule has 0 spiro atoms. The lowest BCUT2D eigenvalue weighted by atomic mass is 9.87. The summed E-state index contributed by atoms with van der Waals surface area (Å²) in [5, 5.41) is 15.4. The van der Waals surface area contributed by atoms with E-state index in [9.17, 15) is 14.7 Å². The second kappa shape index (κ2) is 9.76. The third-order valence-corrected chi connectivity index (χ3v) is 5.54. The SMILES string of the molecule is CC(CO)C1CN(C(=O)Cc2ccc(NC(=O)NCc3ccc(Cl)cc3)cc2)C1. The fourth-order valence-corrected chi connectivity index (χ4v) is 3.30. The molecular weight excluding hydrogens is 390 g/mol. The monoisotopic (exact) mass is 415 g/mol. The number of likely N-dealkylation sites (tertiary alicyclic amines) is 1. The molecule has 2 aromatic rings. The summed E-state index contributed by atoms with van der Waals surface area (Å²) in [6.45, 7) is 4.00. The predicted octanol–water partition coefficient (Wildman–Crippen LogP) is 3.29. The van der Waals surface area contributed by atoms with Crippen molar-refractivity contribution in [3.8, 4) is 0 Å². The van der Waals surface area contributed by atoms with Gasteiger partial charge in [-0.25, -0.2) is 4.79 Å². The number of anilines is 1. The molecule has 1 saturated heterocycles. The molecule has 3 amide bonds. The van der Waals surface area contributed by atoms with Crippen molar-refractivity contribution in [1.82, 2.24) is 10.2 Å². The molecule has 1 fully saturated rings. The van der Waals surface area contributed by atoms with E-state index in [4.69, 9.17) is 11.6 Å². The summed E-state index contributed by atoms with van der Waals surface area (Å²) in [4.78, 5) is 26.2. The molecule has 2 aromatic carbocycles. The van der Waals surface area contributed by atoms with Crippen LogP contribution in [0.4, 0.5) is 10.5 Å². The molecule has 0 radical (unpaired) electrons. The molecule has 1 heterocycles. The second-order valence-electron chi connectivity index (χ2n) is 7.53. The van der Waals surface area contributed by atoms with Crippen LogP contribution in [0, 0.1) is 11.8 Å². The van der Waals surface area contributed by atoms with E-state index in [1.807, 2.05) is 36.1 Å². The lowest BCUT2D eigenvalue weighted by molar-refractivity contribution is -0.138. The molecule has 1 atom stereocenters. The van der Waals surface area contributed by atoms with Crippen LogP contribution in [0.3, 0.4) is 0 Å². The summed E-state index contributed by atoms with van der Waals surface area (Å²) in [6.07, 6.45) is 0.337. The number of aliphatic hydroxyl groups is 1. The number of carbonyl (C=O) groups excluding carboxylic acids is 2. The van der Waals surface area contributed by atoms with Crippen molar-refractivity contribution in [1.29, 1.82) is 0 Å². The van der Waals surface area contributed by atoms with Gasteiger partial charge < -0.3 is 20.6 Å². The van der Waals surface area contributed by atoms with Crippen LogP contribution in [-0.4, -0.2) is 41.6 Å². The van der Waals surface area contributed by atoms with Crippen molar-refractivity contribution in [3.05, 3.63) is 64.7 Å². The first kappa shape index (κ1) is 21.1. The van der Waals surface area contributed by atoms with Gasteiger partial charge in [0.15, 0.2) is 0 Å². The number of nitrogens with zero attached hydrogens (tertiary/aromatic N) is 1. The maximum Gasteiger partial charge on any atom is 0.319 e. The average molecular weight is 416 g/mol. The fourth-order valence-electron chi connectivity index (χ4n) is 3.18. The molecule has 3 N–H and O–H groups in total. The number of aliphatic hydroxyl groups excluding tert-OH is 1. The Morgan fingerprint density at radius 3 is 2.34 bits per heavy atom. The molecule has 0 saturated carbocycles. The predicted molar refractivity (Wildman–Crippen MR) is 114 cm³/mol. The first-order valence-electron chi connectivity index (χ1n) is 9.71. The molecule has 0 aromatic heterocycles. The molecule has 0 aliphatic carbocycles. The fraction of sp³-hybridized carbons (Fsp3) is 0.364. The van der Waals surface area contributed by atoms with Crippen molar-refractivity contribution in [2.24, 2.45) is 11.8 Å². The Labute approximate surface area is 175 Å². The van der Waals surface area contributed by atoms with E-state index in [1.54, 1.807) is 24.3 Å². The Morgan fingerprint density at radius 2 is 1.72 bits per heavy atom. The van der Waals surface area contributed by atoms with Gasteiger partial charge in [0.05, 0.1) is 6.42 Å². The Bertz CT molecular complexity index is 833. The first-order valence-corrected chi connectivity index (χ1v) is 10.1. The number of benzene rings is 2. The van der Waals surface area contributed by atoms with Crippen molar-refractivity contribution >= 4 is 29.2 Å². The van der Waals surface area contributed by atoms with E-state index in [2.05, 4.69) is 10.6 Å². The molecule has 7 heteroatoms. The van der Waals surface area contributed by atoms with Gasteiger partial charge in [-0.15, -0.1) is 0 Å². The molecule has 29 heavy (non-hydrogen) atoms. The lowest BCUT2D eigenvalue weighted by Gasteiger charge is -2.42. The molecular formula is C22H26ClN3O3. The van der Waals surface area contributed by atoms with Gasteiger partial charge in [-0.3, -0.25) is 4.79 Å². The number of carbonyl (C=O) groups is 2. The van der Waals surface area contributed by atoms with E-state index in [-0.39, 0.29) is 24.5 Å². The molecule has 1 unspecified atom stereocenters. The van der Waals surface area contributed by atoms with Gasteiger partial charge in [-0.2, -0.15) is 0 Å². The van der Waals surface area contributed by atoms with Crippen molar-refractivity contribution in [2.45, 2.75) is 19.9 Å². The van der Waals surface area contributed by atoms with Gasteiger partial charge in [0.2, 0.25) is 5.91 Å². The highest BCUT2D eigenvalue weighted by Gasteiger charge is 2.33. The van der Waals surface area contributed by atoms with Crippen LogP contribution in [0.1, 0.15) is 18.1 Å². The number of amides is 3. The molecule has 6 nitrogen and oxygen atoms in total. The van der Waals surface area contributed by atoms with Crippen LogP contribution in [0.2, 0.25) is 5.02 Å². The van der Waals surface area contributed by atoms with E-state index in [0.717, 1.165) is 11.1 Å². The minimum atomic E-state index is -0.298. The van der Waals surface area contributed by atoms with Gasteiger partial charge in [-0.1, -0.05) is 42.8 Å².